The van der Waals surface area contributed by atoms with Crippen molar-refractivity contribution in [2.75, 3.05) is 13.1 Å². The lowest BCUT2D eigenvalue weighted by Gasteiger charge is -2.36. The van der Waals surface area contributed by atoms with Gasteiger partial charge < -0.3 is 15.0 Å². The molecule has 0 aliphatic carbocycles. The monoisotopic (exact) mass is 479 g/mol. The van der Waals surface area contributed by atoms with Crippen molar-refractivity contribution >= 4 is 58.3 Å². The zero-order chi connectivity index (χ0) is 22.4. The van der Waals surface area contributed by atoms with E-state index in [0.717, 1.165) is 5.56 Å². The van der Waals surface area contributed by atoms with E-state index in [0.29, 0.717) is 18.1 Å². The summed E-state index contributed by atoms with van der Waals surface area (Å²) in [5, 5.41) is 5.85. The quantitative estimate of drug-likeness (QED) is 0.506. The third-order valence-corrected chi connectivity index (χ3v) is 5.47. The highest BCUT2D eigenvalue weighted by molar-refractivity contribution is 7.80. The van der Waals surface area contributed by atoms with Crippen molar-refractivity contribution in [3.63, 3.8) is 0 Å². The van der Waals surface area contributed by atoms with Crippen molar-refractivity contribution < 1.29 is 19.1 Å². The van der Waals surface area contributed by atoms with Crippen LogP contribution in [0.15, 0.2) is 48.5 Å². The number of halogens is 2. The van der Waals surface area contributed by atoms with Gasteiger partial charge in [0.05, 0.1) is 17.0 Å². The lowest BCUT2D eigenvalue weighted by atomic mass is 10.1. The topological polar surface area (TPSA) is 87.7 Å². The molecule has 1 aliphatic rings. The molecule has 0 unspecified atom stereocenters. The summed E-state index contributed by atoms with van der Waals surface area (Å²) in [6, 6.07) is 12.8. The zero-order valence-corrected chi connectivity index (χ0v) is 18.6. The third kappa shape index (κ3) is 6.16. The number of piperazine rings is 1. The van der Waals surface area contributed by atoms with Crippen LogP contribution in [0.3, 0.4) is 0 Å². The van der Waals surface area contributed by atoms with E-state index in [4.69, 9.17) is 40.2 Å². The van der Waals surface area contributed by atoms with Gasteiger partial charge in [0.15, 0.2) is 5.11 Å². The molecule has 3 rings (SSSR count). The van der Waals surface area contributed by atoms with Gasteiger partial charge in [-0.25, -0.2) is 0 Å². The van der Waals surface area contributed by atoms with Gasteiger partial charge in [-0.1, -0.05) is 53.5 Å². The molecule has 0 bridgehead atoms. The Morgan fingerprint density at radius 1 is 1.19 bits per heavy atom. The molecular formula is C21H19Cl2N3O4S. The fourth-order valence-electron chi connectivity index (χ4n) is 3.03. The van der Waals surface area contributed by atoms with Gasteiger partial charge in [0.25, 0.3) is 5.91 Å². The highest BCUT2D eigenvalue weighted by atomic mass is 35.5. The van der Waals surface area contributed by atoms with Gasteiger partial charge in [0.2, 0.25) is 5.91 Å². The van der Waals surface area contributed by atoms with Crippen LogP contribution in [-0.4, -0.2) is 46.9 Å². The maximum absolute atomic E-state index is 12.6. The van der Waals surface area contributed by atoms with Crippen LogP contribution >= 0.6 is 35.4 Å². The molecule has 10 heteroatoms. The Hall–Kier alpha value is -2.68. The van der Waals surface area contributed by atoms with Crippen LogP contribution < -0.4 is 10.6 Å². The maximum atomic E-state index is 12.6. The Morgan fingerprint density at radius 3 is 2.65 bits per heavy atom. The van der Waals surface area contributed by atoms with E-state index in [1.807, 2.05) is 30.3 Å². The van der Waals surface area contributed by atoms with Gasteiger partial charge in [0, 0.05) is 18.1 Å². The summed E-state index contributed by atoms with van der Waals surface area (Å²) in [6.45, 7) is 0.756. The molecule has 2 amide bonds. The Kier molecular flexibility index (Phi) is 7.84. The number of hydrogen-bond donors (Lipinski definition) is 2. The number of carbonyl (C=O) groups excluding carboxylic acids is 3. The van der Waals surface area contributed by atoms with Gasteiger partial charge >= 0.3 is 5.97 Å². The number of amides is 2. The number of nitrogens with one attached hydrogen (secondary N) is 2. The molecule has 2 aromatic rings. The molecule has 31 heavy (non-hydrogen) atoms. The molecule has 1 saturated heterocycles. The highest BCUT2D eigenvalue weighted by Crippen LogP contribution is 2.21. The third-order valence-electron chi connectivity index (χ3n) is 4.59. The Labute approximate surface area is 194 Å². The summed E-state index contributed by atoms with van der Waals surface area (Å²) in [6.07, 6.45) is -0.212. The second-order valence-corrected chi connectivity index (χ2v) is 7.96. The number of rotatable bonds is 5. The second kappa shape index (κ2) is 10.6. The van der Waals surface area contributed by atoms with Crippen LogP contribution in [0.5, 0.6) is 0 Å². The Balaban J connectivity index is 1.63. The van der Waals surface area contributed by atoms with E-state index in [9.17, 15) is 14.4 Å². The van der Waals surface area contributed by atoms with Crippen molar-refractivity contribution in [1.29, 1.82) is 0 Å². The number of ether oxygens (including phenoxy) is 1. The van der Waals surface area contributed by atoms with E-state index in [1.54, 1.807) is 0 Å². The number of esters is 1. The molecule has 2 aromatic carbocycles. The lowest BCUT2D eigenvalue weighted by Crippen LogP contribution is -2.60. The van der Waals surface area contributed by atoms with E-state index >= 15 is 0 Å². The molecule has 1 atom stereocenters. The average Bonchev–Trinajstić information content (AvgIpc) is 2.74. The number of hydrogen-bond acceptors (Lipinski definition) is 5. The normalized spacial score (nSPS) is 15.7. The lowest BCUT2D eigenvalue weighted by molar-refractivity contribution is -0.148. The first-order valence-electron chi connectivity index (χ1n) is 9.39. The van der Waals surface area contributed by atoms with Crippen molar-refractivity contribution in [3.8, 4) is 0 Å². The van der Waals surface area contributed by atoms with Gasteiger partial charge in [-0.2, -0.15) is 0 Å². The fourth-order valence-corrected chi connectivity index (χ4v) is 3.83. The van der Waals surface area contributed by atoms with Crippen molar-refractivity contribution in [1.82, 2.24) is 15.5 Å². The standard InChI is InChI=1S/C21H19Cl2N3O4S/c22-14-6-7-15(16(23)10-14)19(28)25-21(31)26-9-8-24-20(29)17(26)11-18(27)30-12-13-4-2-1-3-5-13/h1-7,10,17H,8-9,11-12H2,(H,24,29)(H,25,28,31)/t17-/m0/s1. The van der Waals surface area contributed by atoms with Crippen LogP contribution in [0.4, 0.5) is 0 Å². The summed E-state index contributed by atoms with van der Waals surface area (Å²) < 4.78 is 5.28. The molecule has 0 aromatic heterocycles. The Morgan fingerprint density at radius 2 is 1.94 bits per heavy atom. The number of carbonyl (C=O) groups is 3. The predicted octanol–water partition coefficient (Wildman–Crippen LogP) is 2.94. The van der Waals surface area contributed by atoms with Crippen LogP contribution in [0.25, 0.3) is 0 Å². The molecule has 7 nitrogen and oxygen atoms in total. The Bertz CT molecular complexity index is 1000. The smallest absolute Gasteiger partial charge is 0.308 e. The summed E-state index contributed by atoms with van der Waals surface area (Å²) in [5.74, 6) is -1.46. The summed E-state index contributed by atoms with van der Waals surface area (Å²) in [7, 11) is 0. The minimum Gasteiger partial charge on any atom is -0.461 e. The van der Waals surface area contributed by atoms with Crippen LogP contribution in [0, 0.1) is 0 Å². The SMILES string of the molecule is O=C(C[C@H]1C(=O)NCCN1C(=S)NC(=O)c1ccc(Cl)cc1Cl)OCc1ccccc1. The van der Waals surface area contributed by atoms with E-state index in [-0.39, 0.29) is 34.6 Å². The molecule has 1 aliphatic heterocycles. The summed E-state index contributed by atoms with van der Waals surface area (Å²) in [4.78, 5) is 38.8. The molecule has 1 heterocycles. The van der Waals surface area contributed by atoms with Crippen LogP contribution in [-0.2, 0) is 20.9 Å². The molecule has 0 spiro atoms. The average molecular weight is 480 g/mol. The number of thiocarbonyl (C=S) groups is 1. The minimum atomic E-state index is -0.898. The predicted molar refractivity (Wildman–Crippen MR) is 121 cm³/mol. The zero-order valence-electron chi connectivity index (χ0n) is 16.3. The number of nitrogens with zero attached hydrogens (tertiary/aromatic N) is 1. The molecule has 162 valence electrons. The van der Waals surface area contributed by atoms with E-state index in [1.165, 1.54) is 23.1 Å². The first kappa shape index (κ1) is 23.0. The van der Waals surface area contributed by atoms with Gasteiger partial charge in [-0.05, 0) is 36.0 Å². The largest absolute Gasteiger partial charge is 0.461 e. The molecular weight excluding hydrogens is 461 g/mol. The molecule has 0 saturated carbocycles. The second-order valence-electron chi connectivity index (χ2n) is 6.73. The summed E-state index contributed by atoms with van der Waals surface area (Å²) in [5.41, 5.74) is 1.03. The maximum Gasteiger partial charge on any atom is 0.308 e. The van der Waals surface area contributed by atoms with Crippen LogP contribution in [0.1, 0.15) is 22.3 Å². The van der Waals surface area contributed by atoms with Gasteiger partial charge in [-0.15, -0.1) is 0 Å². The minimum absolute atomic E-state index is 0.0201. The fraction of sp³-hybridized carbons (Fsp3) is 0.238. The number of benzene rings is 2. The van der Waals surface area contributed by atoms with Crippen molar-refractivity contribution in [2.24, 2.45) is 0 Å². The highest BCUT2D eigenvalue weighted by Gasteiger charge is 2.34. The first-order valence-corrected chi connectivity index (χ1v) is 10.6. The molecule has 2 N–H and O–H groups in total. The summed E-state index contributed by atoms with van der Waals surface area (Å²) >= 11 is 17.3. The van der Waals surface area contributed by atoms with Crippen LogP contribution in [0.2, 0.25) is 10.0 Å². The van der Waals surface area contributed by atoms with Gasteiger partial charge in [0.1, 0.15) is 12.6 Å². The van der Waals surface area contributed by atoms with Crippen molar-refractivity contribution in [2.45, 2.75) is 19.1 Å². The molecule has 0 radical (unpaired) electrons. The van der Waals surface area contributed by atoms with Gasteiger partial charge in [-0.3, -0.25) is 19.7 Å². The van der Waals surface area contributed by atoms with E-state index < -0.39 is 17.9 Å². The van der Waals surface area contributed by atoms with Crippen molar-refractivity contribution in [3.05, 3.63) is 69.7 Å². The van der Waals surface area contributed by atoms with E-state index in [2.05, 4.69) is 10.6 Å². The molecule has 1 fully saturated rings. The first-order chi connectivity index (χ1) is 14.8.